The molecule has 0 aliphatic carbocycles. The van der Waals surface area contributed by atoms with E-state index < -0.39 is 5.91 Å². The Morgan fingerprint density at radius 3 is 2.63 bits per heavy atom. The zero-order valence-electron chi connectivity index (χ0n) is 21.9. The number of aryl methyl sites for hydroxylation is 1. The first-order valence-corrected chi connectivity index (χ1v) is 12.6. The molecule has 1 saturated heterocycles. The first-order chi connectivity index (χ1) is 18.4. The van der Waals surface area contributed by atoms with Crippen molar-refractivity contribution in [3.05, 3.63) is 60.9 Å². The van der Waals surface area contributed by atoms with Crippen LogP contribution >= 0.6 is 0 Å². The highest BCUT2D eigenvalue weighted by molar-refractivity contribution is 6.19. The van der Waals surface area contributed by atoms with Crippen LogP contribution in [0.15, 0.2) is 55.4 Å². The monoisotopic (exact) mass is 512 g/mol. The zero-order chi connectivity index (χ0) is 26.8. The Hall–Kier alpha value is -4.44. The molecule has 0 spiro atoms. The molecule has 196 valence electrons. The number of anilines is 3. The lowest BCUT2D eigenvalue weighted by Gasteiger charge is -2.34. The standard InChI is InChI=1S/C28H32N8O2/c1-5-38-27-23(16-20(18(2)25(29)37)26(33-27)36-14-12-34(3)13-15-36)32-28-30-11-10-22(31-28)21-17-35(4)24-9-7-6-8-19(21)24/h6-11,16-17H,2,5,12-15H2,1,3-4H3,(H2,29,37)(H,30,31,32). The van der Waals surface area contributed by atoms with Crippen LogP contribution in [0.3, 0.4) is 0 Å². The molecule has 0 atom stereocenters. The quantitative estimate of drug-likeness (QED) is 0.345. The van der Waals surface area contributed by atoms with Gasteiger partial charge in [0.2, 0.25) is 17.7 Å². The van der Waals surface area contributed by atoms with E-state index in [1.165, 1.54) is 0 Å². The van der Waals surface area contributed by atoms with Crippen LogP contribution < -0.4 is 20.7 Å². The molecular formula is C28H32N8O2. The van der Waals surface area contributed by atoms with Gasteiger partial charge in [-0.2, -0.15) is 4.98 Å². The summed E-state index contributed by atoms with van der Waals surface area (Å²) in [6, 6.07) is 11.9. The Morgan fingerprint density at radius 1 is 1.13 bits per heavy atom. The maximum Gasteiger partial charge on any atom is 0.248 e. The molecule has 1 amide bonds. The Kier molecular flexibility index (Phi) is 6.97. The Bertz CT molecular complexity index is 1500. The molecule has 0 bridgehead atoms. The molecule has 1 fully saturated rings. The van der Waals surface area contributed by atoms with Gasteiger partial charge in [0.1, 0.15) is 11.5 Å². The van der Waals surface area contributed by atoms with Crippen molar-refractivity contribution < 1.29 is 9.53 Å². The lowest BCUT2D eigenvalue weighted by molar-refractivity contribution is -0.112. The van der Waals surface area contributed by atoms with Crippen molar-refractivity contribution >= 4 is 39.8 Å². The van der Waals surface area contributed by atoms with Crippen LogP contribution in [0, 0.1) is 0 Å². The minimum absolute atomic E-state index is 0.183. The minimum Gasteiger partial charge on any atom is -0.476 e. The van der Waals surface area contributed by atoms with Gasteiger partial charge in [-0.15, -0.1) is 0 Å². The van der Waals surface area contributed by atoms with E-state index in [1.807, 2.05) is 32.2 Å². The summed E-state index contributed by atoms with van der Waals surface area (Å²) in [5, 5.41) is 4.36. The predicted molar refractivity (Wildman–Crippen MR) is 151 cm³/mol. The number of para-hydroxylation sites is 1. The van der Waals surface area contributed by atoms with Crippen LogP contribution in [0.5, 0.6) is 5.88 Å². The van der Waals surface area contributed by atoms with Crippen molar-refractivity contribution in [2.24, 2.45) is 12.8 Å². The summed E-state index contributed by atoms with van der Waals surface area (Å²) < 4.78 is 8.00. The van der Waals surface area contributed by atoms with E-state index >= 15 is 0 Å². The van der Waals surface area contributed by atoms with Gasteiger partial charge in [0.25, 0.3) is 0 Å². The number of nitrogens with zero attached hydrogens (tertiary/aromatic N) is 6. The highest BCUT2D eigenvalue weighted by Crippen LogP contribution is 2.36. The molecule has 1 aromatic carbocycles. The number of nitrogens with two attached hydrogens (primary N) is 1. The molecule has 5 rings (SSSR count). The van der Waals surface area contributed by atoms with E-state index in [0.29, 0.717) is 35.5 Å². The number of nitrogens with one attached hydrogen (secondary N) is 1. The number of pyridine rings is 1. The van der Waals surface area contributed by atoms with Crippen molar-refractivity contribution in [2.45, 2.75) is 6.92 Å². The van der Waals surface area contributed by atoms with Crippen molar-refractivity contribution in [2.75, 3.05) is 50.1 Å². The molecule has 0 radical (unpaired) electrons. The van der Waals surface area contributed by atoms with Gasteiger partial charge in [-0.3, -0.25) is 4.79 Å². The summed E-state index contributed by atoms with van der Waals surface area (Å²) in [6.07, 6.45) is 3.77. The van der Waals surface area contributed by atoms with Gasteiger partial charge >= 0.3 is 0 Å². The number of fused-ring (bicyclic) bond motifs is 1. The van der Waals surface area contributed by atoms with Crippen LogP contribution in [-0.4, -0.2) is 70.2 Å². The summed E-state index contributed by atoms with van der Waals surface area (Å²) in [7, 11) is 4.10. The highest BCUT2D eigenvalue weighted by Gasteiger charge is 2.24. The summed E-state index contributed by atoms with van der Waals surface area (Å²) >= 11 is 0. The number of amides is 1. The number of carbonyl (C=O) groups is 1. The van der Waals surface area contributed by atoms with Crippen molar-refractivity contribution in [3.8, 4) is 17.1 Å². The van der Waals surface area contributed by atoms with E-state index in [1.54, 1.807) is 12.3 Å². The van der Waals surface area contributed by atoms with Crippen LogP contribution in [0.25, 0.3) is 27.7 Å². The normalized spacial score (nSPS) is 14.0. The summed E-state index contributed by atoms with van der Waals surface area (Å²) in [5.41, 5.74) is 9.81. The van der Waals surface area contributed by atoms with E-state index in [-0.39, 0.29) is 5.57 Å². The van der Waals surface area contributed by atoms with E-state index in [2.05, 4.69) is 56.6 Å². The van der Waals surface area contributed by atoms with Crippen LogP contribution in [-0.2, 0) is 11.8 Å². The molecule has 10 heteroatoms. The Morgan fingerprint density at radius 2 is 1.89 bits per heavy atom. The largest absolute Gasteiger partial charge is 0.476 e. The maximum atomic E-state index is 12.2. The third-order valence-electron chi connectivity index (χ3n) is 6.75. The summed E-state index contributed by atoms with van der Waals surface area (Å²) in [6.45, 7) is 9.54. The first-order valence-electron chi connectivity index (χ1n) is 12.6. The molecule has 4 heterocycles. The summed E-state index contributed by atoms with van der Waals surface area (Å²) in [4.78, 5) is 30.6. The minimum atomic E-state index is -0.605. The highest BCUT2D eigenvalue weighted by atomic mass is 16.5. The van der Waals surface area contributed by atoms with Gasteiger partial charge in [0.15, 0.2) is 0 Å². The fraction of sp³-hybridized carbons (Fsp3) is 0.286. The van der Waals surface area contributed by atoms with Gasteiger partial charge in [0, 0.05) is 73.2 Å². The lowest BCUT2D eigenvalue weighted by atomic mass is 10.1. The van der Waals surface area contributed by atoms with Crippen molar-refractivity contribution in [1.29, 1.82) is 0 Å². The average Bonchev–Trinajstić information content (AvgIpc) is 3.26. The number of hydrogen-bond donors (Lipinski definition) is 2. The number of primary amides is 1. The molecule has 3 aromatic heterocycles. The van der Waals surface area contributed by atoms with Crippen molar-refractivity contribution in [1.82, 2.24) is 24.4 Å². The summed E-state index contributed by atoms with van der Waals surface area (Å²) in [5.74, 6) is 0.788. The second kappa shape index (κ2) is 10.5. The van der Waals surface area contributed by atoms with Crippen LogP contribution in [0.1, 0.15) is 12.5 Å². The number of rotatable bonds is 8. The number of ether oxygens (including phenoxy) is 1. The maximum absolute atomic E-state index is 12.2. The molecule has 1 aliphatic rings. The molecule has 4 aromatic rings. The molecule has 10 nitrogen and oxygen atoms in total. The number of carbonyl (C=O) groups excluding carboxylic acids is 1. The molecule has 3 N–H and O–H groups in total. The van der Waals surface area contributed by atoms with Gasteiger partial charge in [0.05, 0.1) is 12.3 Å². The number of likely N-dealkylation sites (N-methyl/N-ethyl adjacent to an activating group) is 1. The fourth-order valence-corrected chi connectivity index (χ4v) is 4.67. The van der Waals surface area contributed by atoms with Gasteiger partial charge in [-0.05, 0) is 32.2 Å². The van der Waals surface area contributed by atoms with E-state index in [0.717, 1.165) is 48.3 Å². The number of benzene rings is 1. The van der Waals surface area contributed by atoms with Gasteiger partial charge < -0.3 is 30.2 Å². The van der Waals surface area contributed by atoms with Crippen LogP contribution in [0.4, 0.5) is 17.5 Å². The predicted octanol–water partition coefficient (Wildman–Crippen LogP) is 3.42. The topological polar surface area (TPSA) is 114 Å². The number of aromatic nitrogens is 4. The second-order valence-corrected chi connectivity index (χ2v) is 9.34. The van der Waals surface area contributed by atoms with Crippen LogP contribution in [0.2, 0.25) is 0 Å². The van der Waals surface area contributed by atoms with Gasteiger partial charge in [-0.1, -0.05) is 24.8 Å². The molecular weight excluding hydrogens is 480 g/mol. The third kappa shape index (κ3) is 4.90. The molecule has 1 aliphatic heterocycles. The smallest absolute Gasteiger partial charge is 0.248 e. The molecule has 0 saturated carbocycles. The molecule has 0 unspecified atom stereocenters. The number of piperazine rings is 1. The SMILES string of the molecule is C=C(C(N)=O)c1cc(Nc2nccc(-c3cn(C)c4ccccc34)n2)c(OCC)nc1N1CCN(C)CC1. The third-order valence-corrected chi connectivity index (χ3v) is 6.75. The zero-order valence-corrected chi connectivity index (χ0v) is 21.9. The lowest BCUT2D eigenvalue weighted by Crippen LogP contribution is -2.45. The Balaban J connectivity index is 1.55. The van der Waals surface area contributed by atoms with Crippen molar-refractivity contribution in [3.63, 3.8) is 0 Å². The van der Waals surface area contributed by atoms with E-state index in [9.17, 15) is 4.79 Å². The first kappa shape index (κ1) is 25.2. The van der Waals surface area contributed by atoms with Gasteiger partial charge in [-0.25, -0.2) is 9.97 Å². The number of hydrogen-bond acceptors (Lipinski definition) is 8. The second-order valence-electron chi connectivity index (χ2n) is 9.34. The van der Waals surface area contributed by atoms with E-state index in [4.69, 9.17) is 20.4 Å². The molecule has 38 heavy (non-hydrogen) atoms. The Labute approximate surface area is 221 Å². The average molecular weight is 513 g/mol. The fourth-order valence-electron chi connectivity index (χ4n) is 4.67.